The summed E-state index contributed by atoms with van der Waals surface area (Å²) in [5.41, 5.74) is 0.445. The standard InChI is InChI=1S/C15H30N2O/c1-3-10-18-11-9-17-12-14(2)16-13-15(17)7-5-4-6-8-15/h14,16H,3-13H2,1-2H3. The van der Waals surface area contributed by atoms with Gasteiger partial charge < -0.3 is 10.1 Å². The fourth-order valence-corrected chi connectivity index (χ4v) is 3.52. The van der Waals surface area contributed by atoms with E-state index in [-0.39, 0.29) is 0 Å². The van der Waals surface area contributed by atoms with Gasteiger partial charge in [-0.05, 0) is 26.2 Å². The molecule has 1 saturated carbocycles. The van der Waals surface area contributed by atoms with Crippen molar-refractivity contribution in [2.75, 3.05) is 32.8 Å². The number of ether oxygens (including phenoxy) is 1. The molecule has 3 heteroatoms. The molecular formula is C15H30N2O. The van der Waals surface area contributed by atoms with Crippen LogP contribution in [0.3, 0.4) is 0 Å². The van der Waals surface area contributed by atoms with E-state index < -0.39 is 0 Å². The van der Waals surface area contributed by atoms with Crippen molar-refractivity contribution in [2.45, 2.75) is 64.0 Å². The first-order valence-electron chi connectivity index (χ1n) is 7.83. The van der Waals surface area contributed by atoms with Crippen molar-refractivity contribution in [3.63, 3.8) is 0 Å². The number of hydrogen-bond acceptors (Lipinski definition) is 3. The van der Waals surface area contributed by atoms with E-state index >= 15 is 0 Å². The zero-order valence-electron chi connectivity index (χ0n) is 12.2. The molecule has 0 aromatic carbocycles. The van der Waals surface area contributed by atoms with Crippen molar-refractivity contribution in [1.29, 1.82) is 0 Å². The normalized spacial score (nSPS) is 28.7. The molecular weight excluding hydrogens is 224 g/mol. The summed E-state index contributed by atoms with van der Waals surface area (Å²) in [6.07, 6.45) is 8.12. The molecule has 0 amide bonds. The van der Waals surface area contributed by atoms with E-state index in [2.05, 4.69) is 24.1 Å². The molecule has 1 atom stereocenters. The number of hydrogen-bond donors (Lipinski definition) is 1. The second-order valence-electron chi connectivity index (χ2n) is 6.13. The van der Waals surface area contributed by atoms with Crippen molar-refractivity contribution in [3.8, 4) is 0 Å². The molecule has 0 aromatic rings. The fraction of sp³-hybridized carbons (Fsp3) is 1.00. The van der Waals surface area contributed by atoms with Gasteiger partial charge in [0.25, 0.3) is 0 Å². The Labute approximate surface area is 112 Å². The summed E-state index contributed by atoms with van der Waals surface area (Å²) < 4.78 is 5.69. The van der Waals surface area contributed by atoms with Gasteiger partial charge in [-0.15, -0.1) is 0 Å². The van der Waals surface area contributed by atoms with Crippen LogP contribution in [0.4, 0.5) is 0 Å². The molecule has 2 fully saturated rings. The van der Waals surface area contributed by atoms with Crippen LogP contribution < -0.4 is 5.32 Å². The lowest BCUT2D eigenvalue weighted by molar-refractivity contribution is -0.00914. The number of rotatable bonds is 5. The third-order valence-electron chi connectivity index (χ3n) is 4.58. The topological polar surface area (TPSA) is 24.5 Å². The van der Waals surface area contributed by atoms with Crippen LogP contribution >= 0.6 is 0 Å². The summed E-state index contributed by atoms with van der Waals surface area (Å²) in [5.74, 6) is 0. The Morgan fingerprint density at radius 1 is 1.22 bits per heavy atom. The average molecular weight is 254 g/mol. The Bertz CT molecular complexity index is 239. The van der Waals surface area contributed by atoms with Gasteiger partial charge >= 0.3 is 0 Å². The zero-order valence-corrected chi connectivity index (χ0v) is 12.2. The second-order valence-corrected chi connectivity index (χ2v) is 6.13. The molecule has 18 heavy (non-hydrogen) atoms. The SMILES string of the molecule is CCCOCCN1CC(C)NCC12CCCCC2. The van der Waals surface area contributed by atoms with Crippen LogP contribution in [0.2, 0.25) is 0 Å². The lowest BCUT2D eigenvalue weighted by atomic mass is 9.78. The summed E-state index contributed by atoms with van der Waals surface area (Å²) in [5, 5.41) is 3.69. The van der Waals surface area contributed by atoms with Crippen LogP contribution in [-0.4, -0.2) is 49.3 Å². The minimum Gasteiger partial charge on any atom is -0.380 e. The predicted octanol–water partition coefficient (Wildman–Crippen LogP) is 2.41. The number of nitrogens with one attached hydrogen (secondary N) is 1. The molecule has 3 nitrogen and oxygen atoms in total. The lowest BCUT2D eigenvalue weighted by Gasteiger charge is -2.51. The molecule has 0 bridgehead atoms. The monoisotopic (exact) mass is 254 g/mol. The molecule has 1 aliphatic carbocycles. The summed E-state index contributed by atoms with van der Waals surface area (Å²) in [6, 6.07) is 0.628. The van der Waals surface area contributed by atoms with E-state index in [0.717, 1.165) is 26.2 Å². The molecule has 2 aliphatic rings. The van der Waals surface area contributed by atoms with Gasteiger partial charge in [-0.2, -0.15) is 0 Å². The van der Waals surface area contributed by atoms with E-state index in [1.54, 1.807) is 0 Å². The Balaban J connectivity index is 1.88. The van der Waals surface area contributed by atoms with Gasteiger partial charge in [0.15, 0.2) is 0 Å². The van der Waals surface area contributed by atoms with E-state index in [9.17, 15) is 0 Å². The smallest absolute Gasteiger partial charge is 0.0593 e. The van der Waals surface area contributed by atoms with Crippen LogP contribution in [0.5, 0.6) is 0 Å². The minimum absolute atomic E-state index is 0.445. The van der Waals surface area contributed by atoms with Gasteiger partial charge in [-0.1, -0.05) is 26.2 Å². The highest BCUT2D eigenvalue weighted by Gasteiger charge is 2.40. The Morgan fingerprint density at radius 2 is 2.00 bits per heavy atom. The highest BCUT2D eigenvalue weighted by molar-refractivity contribution is 4.99. The molecule has 0 radical (unpaired) electrons. The largest absolute Gasteiger partial charge is 0.380 e. The number of nitrogens with zero attached hydrogens (tertiary/aromatic N) is 1. The summed E-state index contributed by atoms with van der Waals surface area (Å²) in [6.45, 7) is 9.78. The molecule has 1 heterocycles. The van der Waals surface area contributed by atoms with E-state index in [4.69, 9.17) is 4.74 Å². The maximum atomic E-state index is 5.69. The Kier molecular flexibility index (Phi) is 5.46. The first kappa shape index (κ1) is 14.3. The molecule has 106 valence electrons. The van der Waals surface area contributed by atoms with Gasteiger partial charge in [0.1, 0.15) is 0 Å². The third-order valence-corrected chi connectivity index (χ3v) is 4.58. The van der Waals surface area contributed by atoms with Crippen LogP contribution in [0.1, 0.15) is 52.4 Å². The molecule has 1 unspecified atom stereocenters. The quantitative estimate of drug-likeness (QED) is 0.763. The molecule has 1 N–H and O–H groups in total. The molecule has 1 spiro atoms. The number of piperazine rings is 1. The summed E-state index contributed by atoms with van der Waals surface area (Å²) in [4.78, 5) is 2.73. The van der Waals surface area contributed by atoms with Gasteiger partial charge in [0.2, 0.25) is 0 Å². The summed E-state index contributed by atoms with van der Waals surface area (Å²) >= 11 is 0. The van der Waals surface area contributed by atoms with Crippen molar-refractivity contribution < 1.29 is 4.74 Å². The van der Waals surface area contributed by atoms with Gasteiger partial charge in [0, 0.05) is 37.8 Å². The van der Waals surface area contributed by atoms with Crippen LogP contribution in [0, 0.1) is 0 Å². The first-order chi connectivity index (χ1) is 8.77. The lowest BCUT2D eigenvalue weighted by Crippen LogP contribution is -2.65. The highest BCUT2D eigenvalue weighted by Crippen LogP contribution is 2.35. The zero-order chi connectivity index (χ0) is 12.8. The summed E-state index contributed by atoms with van der Waals surface area (Å²) in [7, 11) is 0. The molecule has 1 saturated heterocycles. The molecule has 0 aromatic heterocycles. The second kappa shape index (κ2) is 6.88. The van der Waals surface area contributed by atoms with Crippen LogP contribution in [-0.2, 0) is 4.74 Å². The minimum atomic E-state index is 0.445. The molecule has 2 rings (SSSR count). The highest BCUT2D eigenvalue weighted by atomic mass is 16.5. The van der Waals surface area contributed by atoms with E-state index in [1.807, 2.05) is 0 Å². The fourth-order valence-electron chi connectivity index (χ4n) is 3.52. The van der Waals surface area contributed by atoms with Crippen molar-refractivity contribution >= 4 is 0 Å². The van der Waals surface area contributed by atoms with Crippen molar-refractivity contribution in [2.24, 2.45) is 0 Å². The van der Waals surface area contributed by atoms with Crippen molar-refractivity contribution in [1.82, 2.24) is 10.2 Å². The van der Waals surface area contributed by atoms with Crippen LogP contribution in [0.25, 0.3) is 0 Å². The van der Waals surface area contributed by atoms with Gasteiger partial charge in [0.05, 0.1) is 6.61 Å². The maximum Gasteiger partial charge on any atom is 0.0593 e. The van der Waals surface area contributed by atoms with Gasteiger partial charge in [-0.3, -0.25) is 4.90 Å². The van der Waals surface area contributed by atoms with E-state index in [0.29, 0.717) is 11.6 Å². The molecule has 1 aliphatic heterocycles. The van der Waals surface area contributed by atoms with E-state index in [1.165, 1.54) is 45.2 Å². The van der Waals surface area contributed by atoms with Crippen molar-refractivity contribution in [3.05, 3.63) is 0 Å². The predicted molar refractivity (Wildman–Crippen MR) is 76.0 cm³/mol. The first-order valence-corrected chi connectivity index (χ1v) is 7.83. The Morgan fingerprint density at radius 3 is 2.72 bits per heavy atom. The third kappa shape index (κ3) is 3.46. The average Bonchev–Trinajstić information content (AvgIpc) is 2.40. The van der Waals surface area contributed by atoms with Crippen LogP contribution in [0.15, 0.2) is 0 Å². The van der Waals surface area contributed by atoms with Gasteiger partial charge in [-0.25, -0.2) is 0 Å². The Hall–Kier alpha value is -0.120. The maximum absolute atomic E-state index is 5.69.